The fraction of sp³-hybridized carbons (Fsp3) is 0.297. The van der Waals surface area contributed by atoms with Gasteiger partial charge in [0.25, 0.3) is 10.1 Å². The van der Waals surface area contributed by atoms with Crippen LogP contribution in [0.1, 0.15) is 47.9 Å². The van der Waals surface area contributed by atoms with E-state index >= 15 is 0 Å². The van der Waals surface area contributed by atoms with Crippen LogP contribution in [0.15, 0.2) is 89.8 Å². The minimum Gasteiger partial charge on any atom is -0.494 e. The van der Waals surface area contributed by atoms with E-state index in [0.29, 0.717) is 30.8 Å². The van der Waals surface area contributed by atoms with E-state index in [1.54, 1.807) is 30.3 Å². The van der Waals surface area contributed by atoms with E-state index in [1.807, 2.05) is 17.0 Å². The summed E-state index contributed by atoms with van der Waals surface area (Å²) in [5.74, 6) is -0.256. The molecule has 4 aromatic carbocycles. The molecule has 0 spiro atoms. The monoisotopic (exact) mass is 676 g/mol. The Labute approximate surface area is 281 Å². The predicted octanol–water partition coefficient (Wildman–Crippen LogP) is 7.06. The molecule has 9 nitrogen and oxygen atoms in total. The lowest BCUT2D eigenvalue weighted by Gasteiger charge is -2.17. The molecule has 0 unspecified atom stereocenters. The van der Waals surface area contributed by atoms with Crippen molar-refractivity contribution in [2.45, 2.75) is 57.4 Å². The number of carbonyl (C=O) groups is 2. The zero-order valence-electron chi connectivity index (χ0n) is 27.1. The van der Waals surface area contributed by atoms with Gasteiger partial charge in [0.2, 0.25) is 5.91 Å². The maximum absolute atomic E-state index is 14.4. The molecular formula is C37H41FN2O7S. The van der Waals surface area contributed by atoms with Crippen molar-refractivity contribution < 1.29 is 36.8 Å². The molecule has 1 heterocycles. The predicted molar refractivity (Wildman–Crippen MR) is 183 cm³/mol. The maximum atomic E-state index is 14.4. The first-order valence-corrected chi connectivity index (χ1v) is 17.2. The molecular weight excluding hydrogens is 635 g/mol. The Balaban J connectivity index is 0.000000445. The topological polar surface area (TPSA) is 133 Å². The van der Waals surface area contributed by atoms with E-state index in [-0.39, 0.29) is 23.6 Å². The Morgan fingerprint density at radius 3 is 2.31 bits per heavy atom. The molecule has 1 aliphatic rings. The molecule has 1 amide bonds. The Bertz CT molecular complexity index is 1810. The Morgan fingerprint density at radius 2 is 1.71 bits per heavy atom. The van der Waals surface area contributed by atoms with Gasteiger partial charge in [-0.05, 0) is 109 Å². The van der Waals surface area contributed by atoms with E-state index in [2.05, 4.69) is 43.4 Å². The molecule has 0 saturated carbocycles. The number of anilines is 1. The van der Waals surface area contributed by atoms with Crippen molar-refractivity contribution in [2.24, 2.45) is 0 Å². The second-order valence-corrected chi connectivity index (χ2v) is 13.1. The van der Waals surface area contributed by atoms with Crippen LogP contribution >= 0.6 is 0 Å². The van der Waals surface area contributed by atoms with Crippen molar-refractivity contribution in [3.63, 3.8) is 0 Å². The number of rotatable bonds is 13. The van der Waals surface area contributed by atoms with Gasteiger partial charge in [0.05, 0.1) is 11.5 Å². The number of nitrogens with zero attached hydrogens (tertiary/aromatic N) is 1. The van der Waals surface area contributed by atoms with Crippen LogP contribution in [0.25, 0.3) is 11.1 Å². The van der Waals surface area contributed by atoms with Gasteiger partial charge in [0, 0.05) is 38.2 Å². The van der Waals surface area contributed by atoms with E-state index in [4.69, 9.17) is 14.4 Å². The summed E-state index contributed by atoms with van der Waals surface area (Å²) in [5, 5.41) is 12.1. The zero-order chi connectivity index (χ0) is 34.7. The number of benzene rings is 4. The average Bonchev–Trinajstić information content (AvgIpc) is 3.46. The van der Waals surface area contributed by atoms with Crippen molar-refractivity contribution in [3.8, 4) is 16.9 Å². The van der Waals surface area contributed by atoms with Gasteiger partial charge in [0.1, 0.15) is 11.6 Å². The van der Waals surface area contributed by atoms with Crippen LogP contribution in [0.2, 0.25) is 0 Å². The number of aliphatic carboxylic acids is 1. The van der Waals surface area contributed by atoms with Gasteiger partial charge >= 0.3 is 5.97 Å². The SMILES string of the molecule is Cc1cc(OCCCN2CCCC2=O)cc(C)c1-c1cccc(CNc2ccc(CCC(=O)O)c(F)c2)c1.O=S(=O)(O)c1ccccc1. The highest BCUT2D eigenvalue weighted by Gasteiger charge is 2.19. The van der Waals surface area contributed by atoms with Crippen LogP contribution in [0.4, 0.5) is 10.1 Å². The Morgan fingerprint density at radius 1 is 0.979 bits per heavy atom. The summed E-state index contributed by atoms with van der Waals surface area (Å²) in [6.07, 6.45) is 2.52. The number of hydrogen-bond acceptors (Lipinski definition) is 6. The van der Waals surface area contributed by atoms with Gasteiger partial charge < -0.3 is 20.1 Å². The number of hydrogen-bond donors (Lipinski definition) is 3. The number of halogens is 1. The van der Waals surface area contributed by atoms with Gasteiger partial charge in [0.15, 0.2) is 0 Å². The smallest absolute Gasteiger partial charge is 0.303 e. The summed E-state index contributed by atoms with van der Waals surface area (Å²) in [6.45, 7) is 6.87. The largest absolute Gasteiger partial charge is 0.494 e. The minimum atomic E-state index is -4.00. The summed E-state index contributed by atoms with van der Waals surface area (Å²) in [7, 11) is -4.00. The van der Waals surface area contributed by atoms with Gasteiger partial charge in [-0.25, -0.2) is 4.39 Å². The minimum absolute atomic E-state index is 0.0741. The quantitative estimate of drug-likeness (QED) is 0.101. The van der Waals surface area contributed by atoms with Crippen molar-refractivity contribution >= 4 is 27.7 Å². The number of carbonyl (C=O) groups excluding carboxylic acids is 1. The first kappa shape index (κ1) is 36.1. The highest BCUT2D eigenvalue weighted by atomic mass is 32.2. The molecule has 5 rings (SSSR count). The molecule has 1 fully saturated rings. The van der Waals surface area contributed by atoms with Crippen LogP contribution in [0.3, 0.4) is 0 Å². The normalized spacial score (nSPS) is 12.8. The van der Waals surface area contributed by atoms with Gasteiger partial charge in [-0.15, -0.1) is 0 Å². The van der Waals surface area contributed by atoms with Crippen LogP contribution in [-0.4, -0.2) is 54.5 Å². The average molecular weight is 677 g/mol. The molecule has 3 N–H and O–H groups in total. The number of carboxylic acids is 1. The number of likely N-dealkylation sites (tertiary alicyclic amines) is 1. The lowest BCUT2D eigenvalue weighted by molar-refractivity contribution is -0.137. The maximum Gasteiger partial charge on any atom is 0.303 e. The number of amides is 1. The first-order valence-electron chi connectivity index (χ1n) is 15.8. The molecule has 254 valence electrons. The third kappa shape index (κ3) is 10.6. The number of ether oxygens (including phenoxy) is 1. The van der Waals surface area contributed by atoms with Crippen LogP contribution < -0.4 is 10.1 Å². The Kier molecular flexibility index (Phi) is 12.7. The second kappa shape index (κ2) is 16.9. The lowest BCUT2D eigenvalue weighted by Crippen LogP contribution is -2.26. The molecule has 0 aromatic heterocycles. The summed E-state index contributed by atoms with van der Waals surface area (Å²) in [4.78, 5) is 24.3. The van der Waals surface area contributed by atoms with Gasteiger partial charge in [-0.1, -0.05) is 42.5 Å². The van der Waals surface area contributed by atoms with Crippen LogP contribution in [0, 0.1) is 19.7 Å². The lowest BCUT2D eigenvalue weighted by atomic mass is 9.94. The fourth-order valence-electron chi connectivity index (χ4n) is 5.58. The van der Waals surface area contributed by atoms with Crippen molar-refractivity contribution in [3.05, 3.63) is 113 Å². The fourth-order valence-corrected chi connectivity index (χ4v) is 6.08. The van der Waals surface area contributed by atoms with E-state index in [0.717, 1.165) is 59.5 Å². The molecule has 4 aromatic rings. The van der Waals surface area contributed by atoms with E-state index in [9.17, 15) is 22.4 Å². The van der Waals surface area contributed by atoms with Crippen LogP contribution in [-0.2, 0) is 32.7 Å². The second-order valence-electron chi connectivity index (χ2n) is 11.7. The molecule has 48 heavy (non-hydrogen) atoms. The molecule has 0 bridgehead atoms. The number of aryl methyl sites for hydroxylation is 3. The highest BCUT2D eigenvalue weighted by Crippen LogP contribution is 2.32. The zero-order valence-corrected chi connectivity index (χ0v) is 27.9. The van der Waals surface area contributed by atoms with Crippen molar-refractivity contribution in [1.82, 2.24) is 4.90 Å². The summed E-state index contributed by atoms with van der Waals surface area (Å²) in [5.41, 5.74) is 6.63. The number of nitrogens with one attached hydrogen (secondary N) is 1. The third-order valence-corrected chi connectivity index (χ3v) is 8.80. The molecule has 0 radical (unpaired) electrons. The van der Waals surface area contributed by atoms with Crippen molar-refractivity contribution in [2.75, 3.05) is 25.0 Å². The molecule has 11 heteroatoms. The summed E-state index contributed by atoms with van der Waals surface area (Å²) in [6, 6.07) is 24.6. The molecule has 0 aliphatic carbocycles. The first-order chi connectivity index (χ1) is 22.9. The summed E-state index contributed by atoms with van der Waals surface area (Å²) >= 11 is 0. The van der Waals surface area contributed by atoms with Crippen LogP contribution in [0.5, 0.6) is 5.75 Å². The van der Waals surface area contributed by atoms with E-state index < -0.39 is 21.9 Å². The van der Waals surface area contributed by atoms with Crippen molar-refractivity contribution in [1.29, 1.82) is 0 Å². The molecule has 1 aliphatic heterocycles. The third-order valence-electron chi connectivity index (χ3n) is 7.93. The number of carboxylic acid groups (broad SMARTS) is 1. The van der Waals surface area contributed by atoms with Gasteiger partial charge in [-0.2, -0.15) is 8.42 Å². The Hall–Kier alpha value is -4.74. The highest BCUT2D eigenvalue weighted by molar-refractivity contribution is 7.85. The summed E-state index contributed by atoms with van der Waals surface area (Å²) < 4.78 is 49.6. The van der Waals surface area contributed by atoms with E-state index in [1.165, 1.54) is 18.2 Å². The standard InChI is InChI=1S/C31H35FN2O4.C6H6O3S/c1-21-16-27(38-15-5-14-34-13-4-8-29(34)35)17-22(2)31(21)25-7-3-6-23(18-25)20-33-26-11-9-24(28(32)19-26)10-12-30(36)37;7-10(8,9)6-4-2-1-3-5-6/h3,6-7,9,11,16-19,33H,4-5,8,10,12-15,20H2,1-2H3,(H,36,37);1-5H,(H,7,8,9). The van der Waals surface area contributed by atoms with Gasteiger partial charge in [-0.3, -0.25) is 14.1 Å². The molecule has 0 atom stereocenters. The molecule has 1 saturated heterocycles.